The molecule has 1 saturated heterocycles. The standard InChI is InChI=1S/C23H27N5O2S/c1-17-10-11-20(30-2)19(14-17)24-22(29)16-31-23-26-25-21(15-27-12-6-7-13-27)28(23)18-8-4-3-5-9-18/h3-5,8-11,14H,6-7,12-13,15-16H2,1-2H3,(H,24,29). The van der Waals surface area contributed by atoms with Crippen molar-refractivity contribution in [1.82, 2.24) is 19.7 Å². The van der Waals surface area contributed by atoms with Crippen LogP contribution in [0.5, 0.6) is 5.75 Å². The number of carbonyl (C=O) groups excluding carboxylic acids is 1. The Balaban J connectivity index is 1.49. The van der Waals surface area contributed by atoms with Crippen LogP contribution in [0.4, 0.5) is 5.69 Å². The maximum atomic E-state index is 12.6. The van der Waals surface area contributed by atoms with Crippen LogP contribution in [-0.2, 0) is 11.3 Å². The average Bonchev–Trinajstić information content (AvgIpc) is 3.43. The Kier molecular flexibility index (Phi) is 6.89. The van der Waals surface area contributed by atoms with Crippen molar-refractivity contribution in [2.75, 3.05) is 31.3 Å². The molecule has 0 saturated carbocycles. The highest BCUT2D eigenvalue weighted by Crippen LogP contribution is 2.27. The minimum atomic E-state index is -0.113. The smallest absolute Gasteiger partial charge is 0.234 e. The molecule has 0 radical (unpaired) electrons. The number of hydrogen-bond acceptors (Lipinski definition) is 6. The number of methoxy groups -OCH3 is 1. The lowest BCUT2D eigenvalue weighted by Gasteiger charge is -2.16. The molecule has 4 rings (SSSR count). The largest absolute Gasteiger partial charge is 0.495 e. The Labute approximate surface area is 186 Å². The van der Waals surface area contributed by atoms with Crippen molar-refractivity contribution in [3.05, 3.63) is 59.9 Å². The highest BCUT2D eigenvalue weighted by Gasteiger charge is 2.20. The van der Waals surface area contributed by atoms with Gasteiger partial charge in [-0.2, -0.15) is 0 Å². The number of thioether (sulfide) groups is 1. The van der Waals surface area contributed by atoms with Crippen molar-refractivity contribution >= 4 is 23.4 Å². The number of hydrogen-bond donors (Lipinski definition) is 1. The van der Waals surface area contributed by atoms with E-state index in [2.05, 4.69) is 25.0 Å². The molecule has 7 nitrogen and oxygen atoms in total. The number of likely N-dealkylation sites (tertiary alicyclic amines) is 1. The lowest BCUT2D eigenvalue weighted by Crippen LogP contribution is -2.21. The van der Waals surface area contributed by atoms with Crippen molar-refractivity contribution in [1.29, 1.82) is 0 Å². The zero-order valence-corrected chi connectivity index (χ0v) is 18.7. The molecule has 0 bridgehead atoms. The van der Waals surface area contributed by atoms with Gasteiger partial charge in [-0.3, -0.25) is 14.3 Å². The summed E-state index contributed by atoms with van der Waals surface area (Å²) in [4.78, 5) is 15.0. The summed E-state index contributed by atoms with van der Waals surface area (Å²) < 4.78 is 7.41. The summed E-state index contributed by atoms with van der Waals surface area (Å²) in [5, 5.41) is 12.5. The third kappa shape index (κ3) is 5.26. The maximum Gasteiger partial charge on any atom is 0.234 e. The van der Waals surface area contributed by atoms with E-state index in [1.54, 1.807) is 7.11 Å². The van der Waals surface area contributed by atoms with Crippen LogP contribution in [0.15, 0.2) is 53.7 Å². The molecule has 1 fully saturated rings. The first-order chi connectivity index (χ1) is 15.1. The van der Waals surface area contributed by atoms with Gasteiger partial charge in [0.05, 0.1) is 25.1 Å². The van der Waals surface area contributed by atoms with E-state index in [1.165, 1.54) is 24.6 Å². The molecule has 1 aliphatic rings. The molecule has 162 valence electrons. The number of ether oxygens (including phenoxy) is 1. The van der Waals surface area contributed by atoms with Crippen molar-refractivity contribution in [2.45, 2.75) is 31.5 Å². The number of aryl methyl sites for hydroxylation is 1. The molecule has 8 heteroatoms. The van der Waals surface area contributed by atoms with Gasteiger partial charge in [-0.05, 0) is 62.7 Å². The predicted molar refractivity (Wildman–Crippen MR) is 123 cm³/mol. The third-order valence-electron chi connectivity index (χ3n) is 5.24. The molecule has 31 heavy (non-hydrogen) atoms. The van der Waals surface area contributed by atoms with Crippen LogP contribution in [0.3, 0.4) is 0 Å². The van der Waals surface area contributed by atoms with E-state index in [9.17, 15) is 4.79 Å². The molecule has 2 heterocycles. The number of amides is 1. The molecule has 3 aromatic rings. The quantitative estimate of drug-likeness (QED) is 0.539. The summed E-state index contributed by atoms with van der Waals surface area (Å²) in [6.45, 7) is 4.92. The summed E-state index contributed by atoms with van der Waals surface area (Å²) in [6, 6.07) is 15.8. The van der Waals surface area contributed by atoms with E-state index in [0.717, 1.165) is 36.7 Å². The van der Waals surface area contributed by atoms with Gasteiger partial charge < -0.3 is 10.1 Å². The Morgan fingerprint density at radius 3 is 2.65 bits per heavy atom. The first-order valence-electron chi connectivity index (χ1n) is 10.4. The van der Waals surface area contributed by atoms with Crippen LogP contribution in [0.25, 0.3) is 5.69 Å². The predicted octanol–water partition coefficient (Wildman–Crippen LogP) is 3.91. The van der Waals surface area contributed by atoms with Gasteiger partial charge in [-0.25, -0.2) is 0 Å². The van der Waals surface area contributed by atoms with E-state index in [1.807, 2.05) is 55.5 Å². The van der Waals surface area contributed by atoms with E-state index in [4.69, 9.17) is 4.74 Å². The lowest BCUT2D eigenvalue weighted by molar-refractivity contribution is -0.113. The Morgan fingerprint density at radius 1 is 1.13 bits per heavy atom. The van der Waals surface area contributed by atoms with Crippen LogP contribution in [0, 0.1) is 6.92 Å². The zero-order chi connectivity index (χ0) is 21.6. The number of aromatic nitrogens is 3. The maximum absolute atomic E-state index is 12.6. The second-order valence-corrected chi connectivity index (χ2v) is 8.54. The number of anilines is 1. The molecule has 1 aliphatic heterocycles. The van der Waals surface area contributed by atoms with Gasteiger partial charge in [-0.15, -0.1) is 10.2 Å². The molecule has 0 aliphatic carbocycles. The Bertz CT molecular complexity index is 1030. The zero-order valence-electron chi connectivity index (χ0n) is 17.9. The SMILES string of the molecule is COc1ccc(C)cc1NC(=O)CSc1nnc(CN2CCCC2)n1-c1ccccc1. The molecular weight excluding hydrogens is 410 g/mol. The van der Waals surface area contributed by atoms with E-state index >= 15 is 0 Å². The number of nitrogens with one attached hydrogen (secondary N) is 1. The highest BCUT2D eigenvalue weighted by molar-refractivity contribution is 7.99. The first-order valence-corrected chi connectivity index (χ1v) is 11.4. The lowest BCUT2D eigenvalue weighted by atomic mass is 10.2. The van der Waals surface area contributed by atoms with Gasteiger partial charge in [0.15, 0.2) is 11.0 Å². The molecule has 0 atom stereocenters. The summed E-state index contributed by atoms with van der Waals surface area (Å²) in [6.07, 6.45) is 2.45. The summed E-state index contributed by atoms with van der Waals surface area (Å²) in [5.41, 5.74) is 2.73. The topological polar surface area (TPSA) is 72.3 Å². The fraction of sp³-hybridized carbons (Fsp3) is 0.348. The second-order valence-electron chi connectivity index (χ2n) is 7.59. The van der Waals surface area contributed by atoms with E-state index < -0.39 is 0 Å². The van der Waals surface area contributed by atoms with E-state index in [0.29, 0.717) is 16.6 Å². The van der Waals surface area contributed by atoms with Crippen molar-refractivity contribution in [3.8, 4) is 11.4 Å². The molecular formula is C23H27N5O2S. The normalized spacial score (nSPS) is 14.0. The summed E-state index contributed by atoms with van der Waals surface area (Å²) >= 11 is 1.38. The first kappa shape index (κ1) is 21.4. The van der Waals surface area contributed by atoms with Crippen LogP contribution in [0.2, 0.25) is 0 Å². The highest BCUT2D eigenvalue weighted by atomic mass is 32.2. The van der Waals surface area contributed by atoms with Gasteiger partial charge >= 0.3 is 0 Å². The van der Waals surface area contributed by atoms with Gasteiger partial charge in [0.25, 0.3) is 0 Å². The van der Waals surface area contributed by atoms with Crippen LogP contribution in [-0.4, -0.2) is 51.5 Å². The Morgan fingerprint density at radius 2 is 1.90 bits per heavy atom. The number of rotatable bonds is 8. The van der Waals surface area contributed by atoms with Gasteiger partial charge in [0.1, 0.15) is 5.75 Å². The second kappa shape index (κ2) is 9.98. The number of carbonyl (C=O) groups is 1. The van der Waals surface area contributed by atoms with Crippen molar-refractivity contribution in [3.63, 3.8) is 0 Å². The van der Waals surface area contributed by atoms with Crippen LogP contribution in [0.1, 0.15) is 24.2 Å². The third-order valence-corrected chi connectivity index (χ3v) is 6.17. The minimum absolute atomic E-state index is 0.113. The molecule has 1 N–H and O–H groups in total. The molecule has 0 unspecified atom stereocenters. The molecule has 0 spiro atoms. The number of benzene rings is 2. The monoisotopic (exact) mass is 437 g/mol. The average molecular weight is 438 g/mol. The molecule has 2 aromatic carbocycles. The van der Waals surface area contributed by atoms with Gasteiger partial charge in [-0.1, -0.05) is 36.0 Å². The summed E-state index contributed by atoms with van der Waals surface area (Å²) in [7, 11) is 1.60. The van der Waals surface area contributed by atoms with Crippen LogP contribution < -0.4 is 10.1 Å². The minimum Gasteiger partial charge on any atom is -0.495 e. The number of para-hydroxylation sites is 1. The van der Waals surface area contributed by atoms with E-state index in [-0.39, 0.29) is 11.7 Å². The van der Waals surface area contributed by atoms with Crippen molar-refractivity contribution in [2.24, 2.45) is 0 Å². The fourth-order valence-corrected chi connectivity index (χ4v) is 4.48. The fourth-order valence-electron chi connectivity index (χ4n) is 3.71. The molecule has 1 aromatic heterocycles. The van der Waals surface area contributed by atoms with Crippen LogP contribution >= 0.6 is 11.8 Å². The van der Waals surface area contributed by atoms with Crippen molar-refractivity contribution < 1.29 is 9.53 Å². The Hall–Kier alpha value is -2.84. The molecule has 1 amide bonds. The summed E-state index contributed by atoms with van der Waals surface area (Å²) in [5.74, 6) is 1.66. The van der Waals surface area contributed by atoms with Gasteiger partial charge in [0, 0.05) is 5.69 Å². The number of nitrogens with zero attached hydrogens (tertiary/aromatic N) is 4. The van der Waals surface area contributed by atoms with Gasteiger partial charge in [0.2, 0.25) is 5.91 Å².